The molecule has 0 aliphatic carbocycles. The van der Waals surface area contributed by atoms with Gasteiger partial charge in [-0.05, 0) is 29.7 Å². The average molecular weight is 283 g/mol. The van der Waals surface area contributed by atoms with Crippen molar-refractivity contribution in [2.24, 2.45) is 0 Å². The van der Waals surface area contributed by atoms with Crippen molar-refractivity contribution in [1.29, 1.82) is 0 Å². The molecule has 0 spiro atoms. The van der Waals surface area contributed by atoms with Gasteiger partial charge in [0, 0.05) is 12.2 Å². The number of rotatable bonds is 6. The molecular weight excluding hydrogens is 262 g/mol. The van der Waals surface area contributed by atoms with Crippen molar-refractivity contribution < 1.29 is 10.2 Å². The minimum atomic E-state index is -0.776. The second-order valence-corrected chi connectivity index (χ2v) is 5.15. The van der Waals surface area contributed by atoms with Gasteiger partial charge in [0.2, 0.25) is 0 Å². The zero-order valence-corrected chi connectivity index (χ0v) is 12.2. The highest BCUT2D eigenvalue weighted by molar-refractivity contribution is 5.71. The minimum Gasteiger partial charge on any atom is -0.394 e. The van der Waals surface area contributed by atoms with E-state index in [1.807, 2.05) is 18.2 Å². The second-order valence-electron chi connectivity index (χ2n) is 5.15. The number of aryl methyl sites for hydroxylation is 1. The molecule has 0 fully saturated rings. The molecule has 0 aromatic heterocycles. The SMILES string of the molecule is C=C(NCC(O)CO)c1cccc(-c2cccc(C)c2)c1. The summed E-state index contributed by atoms with van der Waals surface area (Å²) in [6.07, 6.45) is -0.776. The van der Waals surface area contributed by atoms with Crippen LogP contribution in [0.2, 0.25) is 0 Å². The van der Waals surface area contributed by atoms with Crippen molar-refractivity contribution in [3.63, 3.8) is 0 Å². The minimum absolute atomic E-state index is 0.260. The average Bonchev–Trinajstić information content (AvgIpc) is 2.52. The molecule has 2 aromatic carbocycles. The summed E-state index contributed by atoms with van der Waals surface area (Å²) in [5, 5.41) is 21.2. The van der Waals surface area contributed by atoms with Gasteiger partial charge in [-0.15, -0.1) is 0 Å². The van der Waals surface area contributed by atoms with Crippen LogP contribution in [-0.4, -0.2) is 29.5 Å². The number of aliphatic hydroxyl groups excluding tert-OH is 2. The Bertz CT molecular complexity index is 622. The fourth-order valence-electron chi connectivity index (χ4n) is 2.12. The van der Waals surface area contributed by atoms with Crippen LogP contribution in [0.5, 0.6) is 0 Å². The third-order valence-electron chi connectivity index (χ3n) is 3.32. The van der Waals surface area contributed by atoms with E-state index < -0.39 is 6.10 Å². The molecule has 110 valence electrons. The van der Waals surface area contributed by atoms with Gasteiger partial charge in [-0.1, -0.05) is 54.6 Å². The van der Waals surface area contributed by atoms with Crippen molar-refractivity contribution in [1.82, 2.24) is 5.32 Å². The van der Waals surface area contributed by atoms with Crippen LogP contribution in [0, 0.1) is 6.92 Å². The Labute approximate surface area is 125 Å². The number of hydrogen-bond acceptors (Lipinski definition) is 3. The molecule has 0 heterocycles. The summed E-state index contributed by atoms with van der Waals surface area (Å²) in [7, 11) is 0. The first-order chi connectivity index (χ1) is 10.1. The normalized spacial score (nSPS) is 12.0. The maximum Gasteiger partial charge on any atom is 0.0942 e. The van der Waals surface area contributed by atoms with Gasteiger partial charge in [-0.3, -0.25) is 0 Å². The second kappa shape index (κ2) is 7.07. The number of nitrogens with one attached hydrogen (secondary N) is 1. The molecule has 0 saturated heterocycles. The van der Waals surface area contributed by atoms with Crippen molar-refractivity contribution in [3.05, 3.63) is 66.2 Å². The lowest BCUT2D eigenvalue weighted by molar-refractivity contribution is 0.0978. The summed E-state index contributed by atoms with van der Waals surface area (Å²) in [6, 6.07) is 16.4. The summed E-state index contributed by atoms with van der Waals surface area (Å²) < 4.78 is 0. The molecule has 21 heavy (non-hydrogen) atoms. The van der Waals surface area contributed by atoms with Gasteiger partial charge in [0.05, 0.1) is 12.7 Å². The van der Waals surface area contributed by atoms with Crippen molar-refractivity contribution >= 4 is 5.70 Å². The van der Waals surface area contributed by atoms with E-state index in [2.05, 4.69) is 49.2 Å². The van der Waals surface area contributed by atoms with Crippen molar-refractivity contribution in [2.75, 3.05) is 13.2 Å². The van der Waals surface area contributed by atoms with Crippen LogP contribution in [0.3, 0.4) is 0 Å². The Hall–Kier alpha value is -2.10. The molecule has 0 aliphatic rings. The van der Waals surface area contributed by atoms with E-state index in [1.54, 1.807) is 0 Å². The third-order valence-corrected chi connectivity index (χ3v) is 3.32. The molecule has 0 amide bonds. The largest absolute Gasteiger partial charge is 0.394 e. The van der Waals surface area contributed by atoms with E-state index in [9.17, 15) is 5.11 Å². The topological polar surface area (TPSA) is 52.5 Å². The smallest absolute Gasteiger partial charge is 0.0942 e. The first kappa shape index (κ1) is 15.3. The molecule has 1 atom stereocenters. The first-order valence-electron chi connectivity index (χ1n) is 6.99. The molecule has 0 bridgehead atoms. The van der Waals surface area contributed by atoms with Gasteiger partial charge < -0.3 is 15.5 Å². The van der Waals surface area contributed by atoms with Crippen molar-refractivity contribution in [3.8, 4) is 11.1 Å². The Morgan fingerprint density at radius 1 is 1.14 bits per heavy atom. The first-order valence-corrected chi connectivity index (χ1v) is 6.99. The highest BCUT2D eigenvalue weighted by Gasteiger charge is 2.05. The Kier molecular flexibility index (Phi) is 5.14. The van der Waals surface area contributed by atoms with E-state index in [1.165, 1.54) is 11.1 Å². The van der Waals surface area contributed by atoms with E-state index in [0.717, 1.165) is 16.8 Å². The lowest BCUT2D eigenvalue weighted by atomic mass is 10.0. The monoisotopic (exact) mass is 283 g/mol. The maximum absolute atomic E-state index is 9.36. The summed E-state index contributed by atoms with van der Waals surface area (Å²) in [5.74, 6) is 0. The lowest BCUT2D eigenvalue weighted by Gasteiger charge is -2.13. The molecule has 3 nitrogen and oxygen atoms in total. The standard InChI is InChI=1S/C18H21NO2/c1-13-5-3-7-16(9-13)17-8-4-6-15(10-17)14(2)19-11-18(21)12-20/h3-10,18-21H,2,11-12H2,1H3. The van der Waals surface area contributed by atoms with Gasteiger partial charge >= 0.3 is 0 Å². The van der Waals surface area contributed by atoms with Gasteiger partial charge in [0.15, 0.2) is 0 Å². The third kappa shape index (κ3) is 4.18. The maximum atomic E-state index is 9.36. The summed E-state index contributed by atoms with van der Waals surface area (Å²) >= 11 is 0. The molecule has 0 aliphatic heterocycles. The lowest BCUT2D eigenvalue weighted by Crippen LogP contribution is -2.28. The highest BCUT2D eigenvalue weighted by Crippen LogP contribution is 2.23. The van der Waals surface area contributed by atoms with Crippen LogP contribution in [0.4, 0.5) is 0 Å². The zero-order chi connectivity index (χ0) is 15.2. The van der Waals surface area contributed by atoms with Crippen LogP contribution in [0.25, 0.3) is 16.8 Å². The van der Waals surface area contributed by atoms with Crippen LogP contribution in [-0.2, 0) is 0 Å². The molecule has 2 rings (SSSR count). The summed E-state index contributed by atoms with van der Waals surface area (Å²) in [4.78, 5) is 0. The molecule has 0 saturated carbocycles. The molecule has 2 aromatic rings. The molecule has 0 radical (unpaired) electrons. The van der Waals surface area contributed by atoms with Gasteiger partial charge in [-0.25, -0.2) is 0 Å². The quantitative estimate of drug-likeness (QED) is 0.764. The Balaban J connectivity index is 2.16. The van der Waals surface area contributed by atoms with Crippen LogP contribution in [0.15, 0.2) is 55.1 Å². The predicted octanol–water partition coefficient (Wildman–Crippen LogP) is 2.58. The van der Waals surface area contributed by atoms with E-state index >= 15 is 0 Å². The zero-order valence-electron chi connectivity index (χ0n) is 12.2. The number of benzene rings is 2. The van der Waals surface area contributed by atoms with E-state index in [0.29, 0.717) is 0 Å². The highest BCUT2D eigenvalue weighted by atomic mass is 16.3. The van der Waals surface area contributed by atoms with Gasteiger partial charge in [0.25, 0.3) is 0 Å². The fourth-order valence-corrected chi connectivity index (χ4v) is 2.12. The molecular formula is C18H21NO2. The number of aliphatic hydroxyl groups is 2. The molecule has 1 unspecified atom stereocenters. The van der Waals surface area contributed by atoms with Crippen LogP contribution >= 0.6 is 0 Å². The van der Waals surface area contributed by atoms with Crippen LogP contribution < -0.4 is 5.32 Å². The van der Waals surface area contributed by atoms with Gasteiger partial charge in [-0.2, -0.15) is 0 Å². The molecule has 3 N–H and O–H groups in total. The van der Waals surface area contributed by atoms with Crippen LogP contribution in [0.1, 0.15) is 11.1 Å². The Morgan fingerprint density at radius 3 is 2.48 bits per heavy atom. The Morgan fingerprint density at radius 2 is 1.81 bits per heavy atom. The summed E-state index contributed by atoms with van der Waals surface area (Å²) in [6.45, 7) is 6.07. The number of hydrogen-bond donors (Lipinski definition) is 3. The predicted molar refractivity (Wildman–Crippen MR) is 86.7 cm³/mol. The fraction of sp³-hybridized carbons (Fsp3) is 0.222. The van der Waals surface area contributed by atoms with Crippen molar-refractivity contribution in [2.45, 2.75) is 13.0 Å². The van der Waals surface area contributed by atoms with Gasteiger partial charge in [0.1, 0.15) is 0 Å². The molecule has 3 heteroatoms. The van der Waals surface area contributed by atoms with E-state index in [4.69, 9.17) is 5.11 Å². The van der Waals surface area contributed by atoms with E-state index in [-0.39, 0.29) is 13.2 Å². The summed E-state index contributed by atoms with van der Waals surface area (Å²) in [5.41, 5.74) is 5.22.